The molecular formula is C18H12N4. The first-order chi connectivity index (χ1) is 10.8. The molecule has 0 aliphatic carbocycles. The van der Waals surface area contributed by atoms with E-state index in [9.17, 15) is 0 Å². The zero-order valence-corrected chi connectivity index (χ0v) is 11.8. The van der Waals surface area contributed by atoms with Crippen LogP contribution in [-0.2, 0) is 6.54 Å². The summed E-state index contributed by atoms with van der Waals surface area (Å²) in [6.45, 7) is 0.682. The van der Waals surface area contributed by atoms with E-state index < -0.39 is 0 Å². The quantitative estimate of drug-likeness (QED) is 0.740. The first-order valence-corrected chi connectivity index (χ1v) is 6.81. The van der Waals surface area contributed by atoms with E-state index in [-0.39, 0.29) is 0 Å². The summed E-state index contributed by atoms with van der Waals surface area (Å²) < 4.78 is 2.04. The average molecular weight is 284 g/mol. The highest BCUT2D eigenvalue weighted by Crippen LogP contribution is 2.19. The summed E-state index contributed by atoms with van der Waals surface area (Å²) in [7, 11) is 0. The third kappa shape index (κ3) is 2.72. The van der Waals surface area contributed by atoms with Crippen LogP contribution in [0.3, 0.4) is 0 Å². The third-order valence-electron chi connectivity index (χ3n) is 3.42. The van der Waals surface area contributed by atoms with Crippen LogP contribution in [0.5, 0.6) is 0 Å². The van der Waals surface area contributed by atoms with Crippen molar-refractivity contribution in [2.24, 2.45) is 0 Å². The van der Waals surface area contributed by atoms with Gasteiger partial charge in [-0.1, -0.05) is 12.1 Å². The molecule has 1 heterocycles. The van der Waals surface area contributed by atoms with Crippen LogP contribution in [0.4, 0.5) is 0 Å². The lowest BCUT2D eigenvalue weighted by atomic mass is 10.1. The summed E-state index contributed by atoms with van der Waals surface area (Å²) in [5.74, 6) is 0.855. The maximum absolute atomic E-state index is 8.86. The molecule has 3 aromatic rings. The Morgan fingerprint density at radius 2 is 1.45 bits per heavy atom. The number of hydrogen-bond acceptors (Lipinski definition) is 3. The maximum Gasteiger partial charge on any atom is 0.140 e. The topological polar surface area (TPSA) is 65.4 Å². The summed E-state index contributed by atoms with van der Waals surface area (Å²) in [5, 5.41) is 17.7. The van der Waals surface area contributed by atoms with Gasteiger partial charge < -0.3 is 4.57 Å². The van der Waals surface area contributed by atoms with Gasteiger partial charge in [0.25, 0.3) is 0 Å². The van der Waals surface area contributed by atoms with Gasteiger partial charge in [0.15, 0.2) is 0 Å². The highest BCUT2D eigenvalue weighted by molar-refractivity contribution is 5.57. The van der Waals surface area contributed by atoms with Crippen molar-refractivity contribution < 1.29 is 0 Å². The Morgan fingerprint density at radius 1 is 0.864 bits per heavy atom. The van der Waals surface area contributed by atoms with Gasteiger partial charge in [-0.25, -0.2) is 4.98 Å². The monoisotopic (exact) mass is 284 g/mol. The Balaban J connectivity index is 1.88. The molecule has 22 heavy (non-hydrogen) atoms. The van der Waals surface area contributed by atoms with E-state index in [1.54, 1.807) is 18.3 Å². The fourth-order valence-electron chi connectivity index (χ4n) is 2.27. The molecule has 1 aromatic heterocycles. The molecule has 4 nitrogen and oxygen atoms in total. The molecule has 0 saturated heterocycles. The molecule has 0 spiro atoms. The summed E-state index contributed by atoms with van der Waals surface area (Å²) in [6.07, 6.45) is 3.68. The predicted octanol–water partition coefficient (Wildman–Crippen LogP) is 3.34. The SMILES string of the molecule is N#Cc1ccc(Cn2ccnc2-c2ccc(C#N)cc2)cc1. The number of imidazole rings is 1. The molecule has 3 rings (SSSR count). The smallest absolute Gasteiger partial charge is 0.140 e. The third-order valence-corrected chi connectivity index (χ3v) is 3.42. The van der Waals surface area contributed by atoms with Crippen molar-refractivity contribution in [3.05, 3.63) is 77.6 Å². The molecule has 2 aromatic carbocycles. The zero-order chi connectivity index (χ0) is 15.4. The number of hydrogen-bond donors (Lipinski definition) is 0. The van der Waals surface area contributed by atoms with Crippen LogP contribution in [0.15, 0.2) is 60.9 Å². The van der Waals surface area contributed by atoms with Gasteiger partial charge in [0.05, 0.1) is 23.3 Å². The minimum atomic E-state index is 0.633. The zero-order valence-electron chi connectivity index (χ0n) is 11.8. The first kappa shape index (κ1) is 13.6. The van der Waals surface area contributed by atoms with Gasteiger partial charge in [-0.2, -0.15) is 10.5 Å². The van der Waals surface area contributed by atoms with Crippen molar-refractivity contribution in [2.45, 2.75) is 6.54 Å². The number of rotatable bonds is 3. The molecule has 0 aliphatic rings. The van der Waals surface area contributed by atoms with Crippen molar-refractivity contribution in [1.29, 1.82) is 10.5 Å². The van der Waals surface area contributed by atoms with E-state index in [1.807, 2.05) is 47.2 Å². The second-order valence-electron chi connectivity index (χ2n) is 4.88. The van der Waals surface area contributed by atoms with Gasteiger partial charge >= 0.3 is 0 Å². The van der Waals surface area contributed by atoms with Crippen molar-refractivity contribution in [2.75, 3.05) is 0 Å². The summed E-state index contributed by atoms with van der Waals surface area (Å²) in [4.78, 5) is 4.40. The minimum absolute atomic E-state index is 0.633. The molecular weight excluding hydrogens is 272 g/mol. The Bertz CT molecular complexity index is 859. The second kappa shape index (κ2) is 5.95. The fraction of sp³-hybridized carbons (Fsp3) is 0.0556. The minimum Gasteiger partial charge on any atom is -0.327 e. The van der Waals surface area contributed by atoms with E-state index in [4.69, 9.17) is 10.5 Å². The fourth-order valence-corrected chi connectivity index (χ4v) is 2.27. The standard InChI is InChI=1S/C18H12N4/c19-11-14-1-3-16(4-2-14)13-22-10-9-21-18(22)17-7-5-15(12-20)6-8-17/h1-10H,13H2. The highest BCUT2D eigenvalue weighted by Gasteiger charge is 2.06. The van der Waals surface area contributed by atoms with Crippen molar-refractivity contribution in [3.8, 4) is 23.5 Å². The van der Waals surface area contributed by atoms with Crippen molar-refractivity contribution in [3.63, 3.8) is 0 Å². The lowest BCUT2D eigenvalue weighted by Crippen LogP contribution is -2.01. The average Bonchev–Trinajstić information content (AvgIpc) is 3.04. The van der Waals surface area contributed by atoms with Crippen LogP contribution in [0.2, 0.25) is 0 Å². The number of aromatic nitrogens is 2. The van der Waals surface area contributed by atoms with Crippen LogP contribution in [0.1, 0.15) is 16.7 Å². The molecule has 0 amide bonds. The molecule has 4 heteroatoms. The number of benzene rings is 2. The predicted molar refractivity (Wildman–Crippen MR) is 82.6 cm³/mol. The van der Waals surface area contributed by atoms with E-state index in [0.29, 0.717) is 17.7 Å². The number of nitrogens with zero attached hydrogens (tertiary/aromatic N) is 4. The summed E-state index contributed by atoms with van der Waals surface area (Å²) >= 11 is 0. The lowest BCUT2D eigenvalue weighted by Gasteiger charge is -2.08. The van der Waals surface area contributed by atoms with Gasteiger partial charge in [-0.15, -0.1) is 0 Å². The Hall–Kier alpha value is -3.37. The van der Waals surface area contributed by atoms with E-state index in [1.165, 1.54) is 0 Å². The molecule has 0 aliphatic heterocycles. The van der Waals surface area contributed by atoms with Gasteiger partial charge in [-0.3, -0.25) is 0 Å². The lowest BCUT2D eigenvalue weighted by molar-refractivity contribution is 0.807. The Morgan fingerprint density at radius 3 is 2.05 bits per heavy atom. The molecule has 0 saturated carbocycles. The number of nitriles is 2. The van der Waals surface area contributed by atoms with Crippen LogP contribution >= 0.6 is 0 Å². The first-order valence-electron chi connectivity index (χ1n) is 6.81. The van der Waals surface area contributed by atoms with Gasteiger partial charge in [0, 0.05) is 24.5 Å². The maximum atomic E-state index is 8.86. The molecule has 0 bridgehead atoms. The van der Waals surface area contributed by atoms with Gasteiger partial charge in [-0.05, 0) is 42.0 Å². The highest BCUT2D eigenvalue weighted by atomic mass is 15.1. The van der Waals surface area contributed by atoms with Gasteiger partial charge in [0.2, 0.25) is 0 Å². The van der Waals surface area contributed by atoms with Crippen LogP contribution < -0.4 is 0 Å². The van der Waals surface area contributed by atoms with E-state index >= 15 is 0 Å². The normalized spacial score (nSPS) is 9.91. The molecule has 0 unspecified atom stereocenters. The van der Waals surface area contributed by atoms with E-state index in [2.05, 4.69) is 17.1 Å². The largest absolute Gasteiger partial charge is 0.327 e. The van der Waals surface area contributed by atoms with E-state index in [0.717, 1.165) is 17.0 Å². The molecule has 0 fully saturated rings. The Kier molecular flexibility index (Phi) is 3.68. The van der Waals surface area contributed by atoms with Crippen molar-refractivity contribution >= 4 is 0 Å². The van der Waals surface area contributed by atoms with Crippen molar-refractivity contribution in [1.82, 2.24) is 9.55 Å². The summed E-state index contributed by atoms with van der Waals surface area (Å²) in [5.41, 5.74) is 3.36. The van der Waals surface area contributed by atoms with Crippen LogP contribution in [0, 0.1) is 22.7 Å². The molecule has 0 radical (unpaired) electrons. The second-order valence-corrected chi connectivity index (χ2v) is 4.88. The molecule has 0 atom stereocenters. The molecule has 104 valence electrons. The summed E-state index contributed by atoms with van der Waals surface area (Å²) in [6, 6.07) is 19.1. The van der Waals surface area contributed by atoms with Gasteiger partial charge in [0.1, 0.15) is 5.82 Å². The molecule has 0 N–H and O–H groups in total. The Labute approximate surface area is 128 Å². The van der Waals surface area contributed by atoms with Crippen LogP contribution in [0.25, 0.3) is 11.4 Å². The van der Waals surface area contributed by atoms with Crippen LogP contribution in [-0.4, -0.2) is 9.55 Å².